The molecule has 1 atom stereocenters. The zero-order chi connectivity index (χ0) is 13.8. The summed E-state index contributed by atoms with van der Waals surface area (Å²) in [5, 5.41) is 4.13. The van der Waals surface area contributed by atoms with Gasteiger partial charge in [-0.05, 0) is 48.0 Å². The second-order valence-electron chi connectivity index (χ2n) is 5.09. The fraction of sp³-hybridized carbons (Fsp3) is 0.571. The Kier molecular flexibility index (Phi) is 5.51. The molecule has 19 heavy (non-hydrogen) atoms. The summed E-state index contributed by atoms with van der Waals surface area (Å²) < 4.78 is 6.70. The predicted octanol–water partition coefficient (Wildman–Crippen LogP) is 3.62. The van der Waals surface area contributed by atoms with Crippen molar-refractivity contribution >= 4 is 33.2 Å². The second-order valence-corrected chi connectivity index (χ2v) is 6.35. The lowest BCUT2D eigenvalue weighted by molar-refractivity contribution is -0.0315. The Morgan fingerprint density at radius 2 is 2.32 bits per heavy atom. The highest BCUT2D eigenvalue weighted by atomic mass is 79.9. The van der Waals surface area contributed by atoms with Crippen LogP contribution in [0.1, 0.15) is 13.8 Å². The van der Waals surface area contributed by atoms with E-state index in [1.165, 1.54) is 0 Å². The SMILES string of the molecule is CC(C)N1CCOC(CNc2ccc(Cl)c(Br)c2)C1. The van der Waals surface area contributed by atoms with Gasteiger partial charge >= 0.3 is 0 Å². The molecular weight excluding hydrogens is 328 g/mol. The Morgan fingerprint density at radius 3 is 3.00 bits per heavy atom. The standard InChI is InChI=1S/C14H20BrClN2O/c1-10(2)18-5-6-19-12(9-18)8-17-11-3-4-14(16)13(15)7-11/h3-4,7,10,12,17H,5-6,8-9H2,1-2H3. The van der Waals surface area contributed by atoms with Gasteiger partial charge in [0.1, 0.15) is 0 Å². The fourth-order valence-electron chi connectivity index (χ4n) is 2.17. The molecule has 0 spiro atoms. The van der Waals surface area contributed by atoms with Crippen LogP contribution in [-0.4, -0.2) is 43.3 Å². The second kappa shape index (κ2) is 6.93. The number of morpholine rings is 1. The molecule has 0 aliphatic carbocycles. The van der Waals surface area contributed by atoms with Gasteiger partial charge in [0.05, 0.1) is 17.7 Å². The van der Waals surface area contributed by atoms with Gasteiger partial charge in [-0.1, -0.05) is 11.6 Å². The van der Waals surface area contributed by atoms with E-state index in [2.05, 4.69) is 40.0 Å². The average molecular weight is 348 g/mol. The van der Waals surface area contributed by atoms with Crippen LogP contribution < -0.4 is 5.32 Å². The third-order valence-electron chi connectivity index (χ3n) is 3.35. The zero-order valence-electron chi connectivity index (χ0n) is 11.3. The normalized spacial score (nSPS) is 20.8. The number of rotatable bonds is 4. The lowest BCUT2D eigenvalue weighted by Crippen LogP contribution is -2.48. The molecule has 0 amide bonds. The lowest BCUT2D eigenvalue weighted by Gasteiger charge is -2.35. The summed E-state index contributed by atoms with van der Waals surface area (Å²) in [4.78, 5) is 2.45. The molecule has 1 aromatic rings. The number of halogens is 2. The van der Waals surface area contributed by atoms with Crippen molar-refractivity contribution in [2.45, 2.75) is 26.0 Å². The highest BCUT2D eigenvalue weighted by Crippen LogP contribution is 2.25. The minimum absolute atomic E-state index is 0.241. The molecule has 3 nitrogen and oxygen atoms in total. The Hall–Kier alpha value is -0.290. The topological polar surface area (TPSA) is 24.5 Å². The van der Waals surface area contributed by atoms with E-state index in [-0.39, 0.29) is 6.10 Å². The van der Waals surface area contributed by atoms with Crippen molar-refractivity contribution in [3.63, 3.8) is 0 Å². The van der Waals surface area contributed by atoms with Gasteiger partial charge in [-0.15, -0.1) is 0 Å². The van der Waals surface area contributed by atoms with E-state index in [1.54, 1.807) is 0 Å². The van der Waals surface area contributed by atoms with Crippen LogP contribution in [0.15, 0.2) is 22.7 Å². The Balaban J connectivity index is 1.86. The van der Waals surface area contributed by atoms with E-state index in [1.807, 2.05) is 18.2 Å². The van der Waals surface area contributed by atoms with Gasteiger partial charge < -0.3 is 10.1 Å². The summed E-state index contributed by atoms with van der Waals surface area (Å²) >= 11 is 9.41. The molecule has 0 saturated carbocycles. The maximum atomic E-state index is 5.98. The van der Waals surface area contributed by atoms with E-state index in [0.29, 0.717) is 6.04 Å². The Labute approximate surface area is 128 Å². The van der Waals surface area contributed by atoms with Crippen molar-refractivity contribution in [2.24, 2.45) is 0 Å². The fourth-order valence-corrected chi connectivity index (χ4v) is 2.67. The molecule has 0 bridgehead atoms. The van der Waals surface area contributed by atoms with Gasteiger partial charge in [-0.25, -0.2) is 0 Å². The van der Waals surface area contributed by atoms with Crippen molar-refractivity contribution in [3.8, 4) is 0 Å². The summed E-state index contributed by atoms with van der Waals surface area (Å²) in [6.07, 6.45) is 0.241. The number of benzene rings is 1. The average Bonchev–Trinajstić information content (AvgIpc) is 2.40. The Bertz CT molecular complexity index is 428. The largest absolute Gasteiger partial charge is 0.382 e. The highest BCUT2D eigenvalue weighted by Gasteiger charge is 2.21. The molecule has 1 aliphatic rings. The van der Waals surface area contributed by atoms with E-state index >= 15 is 0 Å². The highest BCUT2D eigenvalue weighted by molar-refractivity contribution is 9.10. The number of nitrogens with one attached hydrogen (secondary N) is 1. The first-order valence-corrected chi connectivity index (χ1v) is 7.78. The van der Waals surface area contributed by atoms with Crippen molar-refractivity contribution in [3.05, 3.63) is 27.7 Å². The van der Waals surface area contributed by atoms with Gasteiger partial charge in [0.2, 0.25) is 0 Å². The molecule has 1 aromatic carbocycles. The van der Waals surface area contributed by atoms with E-state index in [9.17, 15) is 0 Å². The van der Waals surface area contributed by atoms with Crippen LogP contribution in [0.5, 0.6) is 0 Å². The van der Waals surface area contributed by atoms with Crippen LogP contribution in [0, 0.1) is 0 Å². The molecule has 2 rings (SSSR count). The molecule has 5 heteroatoms. The molecule has 0 aromatic heterocycles. The van der Waals surface area contributed by atoms with E-state index in [4.69, 9.17) is 16.3 Å². The summed E-state index contributed by atoms with van der Waals surface area (Å²) in [6, 6.07) is 6.44. The molecule has 1 N–H and O–H groups in total. The predicted molar refractivity (Wildman–Crippen MR) is 84.1 cm³/mol. The first-order chi connectivity index (χ1) is 9.06. The molecule has 1 saturated heterocycles. The van der Waals surface area contributed by atoms with Crippen molar-refractivity contribution in [2.75, 3.05) is 31.6 Å². The summed E-state index contributed by atoms with van der Waals surface area (Å²) in [7, 11) is 0. The molecule has 1 fully saturated rings. The van der Waals surface area contributed by atoms with Gasteiger partial charge in [0, 0.05) is 35.8 Å². The molecule has 1 heterocycles. The van der Waals surface area contributed by atoms with Gasteiger partial charge in [-0.2, -0.15) is 0 Å². The van der Waals surface area contributed by atoms with Crippen LogP contribution in [0.2, 0.25) is 5.02 Å². The number of hydrogen-bond acceptors (Lipinski definition) is 3. The number of ether oxygens (including phenoxy) is 1. The van der Waals surface area contributed by atoms with Crippen molar-refractivity contribution in [1.82, 2.24) is 4.90 Å². The van der Waals surface area contributed by atoms with Gasteiger partial charge in [0.25, 0.3) is 0 Å². The molecule has 106 valence electrons. The summed E-state index contributed by atoms with van der Waals surface area (Å²) in [5.41, 5.74) is 1.06. The number of anilines is 1. The maximum Gasteiger partial charge on any atom is 0.0874 e. The number of nitrogens with zero attached hydrogens (tertiary/aromatic N) is 1. The van der Waals surface area contributed by atoms with Crippen molar-refractivity contribution in [1.29, 1.82) is 0 Å². The third kappa shape index (κ3) is 4.35. The quantitative estimate of drug-likeness (QED) is 0.900. The Morgan fingerprint density at radius 1 is 1.53 bits per heavy atom. The molecule has 1 unspecified atom stereocenters. The van der Waals surface area contributed by atoms with Crippen LogP contribution in [-0.2, 0) is 4.74 Å². The van der Waals surface area contributed by atoms with E-state index < -0.39 is 0 Å². The molecular formula is C14H20BrClN2O. The first kappa shape index (κ1) is 15.1. The number of hydrogen-bond donors (Lipinski definition) is 1. The molecule has 0 radical (unpaired) electrons. The summed E-state index contributed by atoms with van der Waals surface area (Å²) in [5.74, 6) is 0. The third-order valence-corrected chi connectivity index (χ3v) is 4.57. The maximum absolute atomic E-state index is 5.98. The minimum Gasteiger partial charge on any atom is -0.382 e. The first-order valence-electron chi connectivity index (χ1n) is 6.61. The van der Waals surface area contributed by atoms with Crippen LogP contribution in [0.3, 0.4) is 0 Å². The lowest BCUT2D eigenvalue weighted by atomic mass is 10.2. The minimum atomic E-state index is 0.241. The van der Waals surface area contributed by atoms with Crippen LogP contribution in [0.4, 0.5) is 5.69 Å². The van der Waals surface area contributed by atoms with Crippen LogP contribution >= 0.6 is 27.5 Å². The monoisotopic (exact) mass is 346 g/mol. The van der Waals surface area contributed by atoms with E-state index in [0.717, 1.165) is 41.4 Å². The zero-order valence-corrected chi connectivity index (χ0v) is 13.7. The molecule has 1 aliphatic heterocycles. The van der Waals surface area contributed by atoms with Gasteiger partial charge in [0.15, 0.2) is 0 Å². The van der Waals surface area contributed by atoms with Crippen LogP contribution in [0.25, 0.3) is 0 Å². The van der Waals surface area contributed by atoms with Gasteiger partial charge in [-0.3, -0.25) is 4.90 Å². The van der Waals surface area contributed by atoms with Crippen molar-refractivity contribution < 1.29 is 4.74 Å². The summed E-state index contributed by atoms with van der Waals surface area (Å²) in [6.45, 7) is 8.10. The smallest absolute Gasteiger partial charge is 0.0874 e.